The number of piperazine rings is 1. The quantitative estimate of drug-likeness (QED) is 0.537. The number of fused-ring (bicyclic) bond motifs is 3. The van der Waals surface area contributed by atoms with Crippen molar-refractivity contribution in [2.24, 2.45) is 0 Å². The summed E-state index contributed by atoms with van der Waals surface area (Å²) in [5.41, 5.74) is 5.38. The van der Waals surface area contributed by atoms with Crippen LogP contribution in [0.2, 0.25) is 0 Å². The third-order valence-electron chi connectivity index (χ3n) is 6.43. The zero-order chi connectivity index (χ0) is 19.6. The standard InChI is InChI=1S/C25H28N4/c1-2-29-24-9-4-3-8-22(24)23-17-20(10-11-25(23)29)18-27-13-15-28(16-14-27)19-21-7-5-6-12-26-21/h3-12,17H,2,13-16,18-19H2,1H3/p+2. The molecule has 1 aliphatic rings. The Morgan fingerprint density at radius 1 is 0.793 bits per heavy atom. The Morgan fingerprint density at radius 3 is 2.28 bits per heavy atom. The van der Waals surface area contributed by atoms with E-state index in [1.54, 1.807) is 9.80 Å². The SMILES string of the molecule is CCn1c2ccccc2c2cc(C[NH+]3CC[NH+](Cc4ccccn4)CC3)ccc21. The van der Waals surface area contributed by atoms with Crippen molar-refractivity contribution >= 4 is 21.8 Å². The number of rotatable bonds is 5. The van der Waals surface area contributed by atoms with Crippen molar-refractivity contribution in [3.8, 4) is 0 Å². The first-order valence-corrected chi connectivity index (χ1v) is 10.9. The van der Waals surface area contributed by atoms with E-state index < -0.39 is 0 Å². The minimum atomic E-state index is 1.01. The Labute approximate surface area is 172 Å². The monoisotopic (exact) mass is 386 g/mol. The summed E-state index contributed by atoms with van der Waals surface area (Å²) in [6.45, 7) is 10.3. The van der Waals surface area contributed by atoms with Gasteiger partial charge in [-0.05, 0) is 37.3 Å². The van der Waals surface area contributed by atoms with Crippen LogP contribution in [0.5, 0.6) is 0 Å². The average molecular weight is 387 g/mol. The number of nitrogens with zero attached hydrogens (tertiary/aromatic N) is 2. The van der Waals surface area contributed by atoms with Gasteiger partial charge in [0.15, 0.2) is 0 Å². The molecule has 3 heterocycles. The highest BCUT2D eigenvalue weighted by molar-refractivity contribution is 6.08. The van der Waals surface area contributed by atoms with Crippen molar-refractivity contribution in [3.05, 3.63) is 78.1 Å². The molecule has 0 atom stereocenters. The van der Waals surface area contributed by atoms with Crippen LogP contribution >= 0.6 is 0 Å². The number of pyridine rings is 1. The highest BCUT2D eigenvalue weighted by Crippen LogP contribution is 2.29. The summed E-state index contributed by atoms with van der Waals surface area (Å²) in [4.78, 5) is 7.86. The van der Waals surface area contributed by atoms with Crippen molar-refractivity contribution in [2.75, 3.05) is 26.2 Å². The molecule has 4 aromatic rings. The maximum Gasteiger partial charge on any atom is 0.127 e. The first kappa shape index (κ1) is 18.3. The molecule has 4 heteroatoms. The van der Waals surface area contributed by atoms with Gasteiger partial charge in [-0.15, -0.1) is 0 Å². The molecule has 0 radical (unpaired) electrons. The van der Waals surface area contributed by atoms with Crippen LogP contribution in [0.15, 0.2) is 66.9 Å². The molecule has 0 saturated carbocycles. The molecule has 0 bridgehead atoms. The second-order valence-electron chi connectivity index (χ2n) is 8.29. The van der Waals surface area contributed by atoms with E-state index in [-0.39, 0.29) is 0 Å². The predicted molar refractivity (Wildman–Crippen MR) is 118 cm³/mol. The Kier molecular flexibility index (Phi) is 5.04. The minimum absolute atomic E-state index is 1.01. The van der Waals surface area contributed by atoms with Crippen molar-refractivity contribution < 1.29 is 9.80 Å². The molecular formula is C25H30N4+2. The second kappa shape index (κ2) is 7.97. The lowest BCUT2D eigenvalue weighted by Crippen LogP contribution is -3.27. The van der Waals surface area contributed by atoms with Crippen LogP contribution in [0.25, 0.3) is 21.8 Å². The molecule has 1 fully saturated rings. The van der Waals surface area contributed by atoms with E-state index in [0.29, 0.717) is 0 Å². The number of hydrogen-bond donors (Lipinski definition) is 2. The molecule has 148 valence electrons. The molecule has 1 saturated heterocycles. The summed E-state index contributed by atoms with van der Waals surface area (Å²) < 4.78 is 2.43. The summed E-state index contributed by atoms with van der Waals surface area (Å²) in [5, 5.41) is 2.78. The third kappa shape index (κ3) is 3.66. The fourth-order valence-corrected chi connectivity index (χ4v) is 4.91. The first-order valence-electron chi connectivity index (χ1n) is 10.9. The maximum atomic E-state index is 4.49. The van der Waals surface area contributed by atoms with Gasteiger partial charge in [0.05, 0.1) is 5.69 Å². The predicted octanol–water partition coefficient (Wildman–Crippen LogP) is 1.69. The highest BCUT2D eigenvalue weighted by Gasteiger charge is 2.23. The van der Waals surface area contributed by atoms with Crippen molar-refractivity contribution in [3.63, 3.8) is 0 Å². The van der Waals surface area contributed by atoms with Gasteiger partial charge in [-0.3, -0.25) is 4.98 Å². The van der Waals surface area contributed by atoms with E-state index in [1.807, 2.05) is 12.3 Å². The number of hydrogen-bond acceptors (Lipinski definition) is 1. The van der Waals surface area contributed by atoms with E-state index >= 15 is 0 Å². The summed E-state index contributed by atoms with van der Waals surface area (Å²) >= 11 is 0. The lowest BCUT2D eigenvalue weighted by molar-refractivity contribution is -1.02. The van der Waals surface area contributed by atoms with Gasteiger partial charge in [-0.25, -0.2) is 0 Å². The van der Waals surface area contributed by atoms with E-state index in [1.165, 1.54) is 59.2 Å². The molecule has 5 rings (SSSR count). The molecule has 2 aromatic heterocycles. The van der Waals surface area contributed by atoms with Gasteiger partial charge in [0.25, 0.3) is 0 Å². The number of nitrogens with one attached hydrogen (secondary N) is 2. The molecule has 2 N–H and O–H groups in total. The van der Waals surface area contributed by atoms with Gasteiger partial charge in [0.1, 0.15) is 39.3 Å². The van der Waals surface area contributed by atoms with Crippen LogP contribution in [0.3, 0.4) is 0 Å². The van der Waals surface area contributed by atoms with Gasteiger partial charge in [0, 0.05) is 40.1 Å². The van der Waals surface area contributed by atoms with Crippen molar-refractivity contribution in [2.45, 2.75) is 26.6 Å². The number of quaternary nitrogens is 2. The van der Waals surface area contributed by atoms with Gasteiger partial charge in [0.2, 0.25) is 0 Å². The first-order chi connectivity index (χ1) is 14.3. The van der Waals surface area contributed by atoms with Crippen LogP contribution < -0.4 is 9.80 Å². The molecule has 0 aliphatic carbocycles. The van der Waals surface area contributed by atoms with Crippen LogP contribution in [0.1, 0.15) is 18.2 Å². The van der Waals surface area contributed by atoms with Crippen LogP contribution in [0, 0.1) is 0 Å². The largest absolute Gasteiger partial charge is 0.341 e. The smallest absolute Gasteiger partial charge is 0.127 e. The van der Waals surface area contributed by atoms with E-state index in [0.717, 1.165) is 19.6 Å². The lowest BCUT2D eigenvalue weighted by Gasteiger charge is -2.29. The third-order valence-corrected chi connectivity index (χ3v) is 6.43. The summed E-state index contributed by atoms with van der Waals surface area (Å²) in [6, 6.07) is 22.1. The molecular weight excluding hydrogens is 356 g/mol. The van der Waals surface area contributed by atoms with E-state index in [2.05, 4.69) is 71.1 Å². The zero-order valence-corrected chi connectivity index (χ0v) is 17.2. The molecule has 1 aliphatic heterocycles. The lowest BCUT2D eigenvalue weighted by atomic mass is 10.1. The highest BCUT2D eigenvalue weighted by atomic mass is 15.3. The van der Waals surface area contributed by atoms with Crippen LogP contribution in [0.4, 0.5) is 0 Å². The molecule has 0 amide bonds. The number of aryl methyl sites for hydroxylation is 1. The van der Waals surface area contributed by atoms with Crippen molar-refractivity contribution in [1.29, 1.82) is 0 Å². The molecule has 0 unspecified atom stereocenters. The fraction of sp³-hybridized carbons (Fsp3) is 0.320. The van der Waals surface area contributed by atoms with Gasteiger partial charge < -0.3 is 14.4 Å². The minimum Gasteiger partial charge on any atom is -0.341 e. The van der Waals surface area contributed by atoms with Crippen LogP contribution in [-0.2, 0) is 19.6 Å². The van der Waals surface area contributed by atoms with Gasteiger partial charge >= 0.3 is 0 Å². The maximum absolute atomic E-state index is 4.49. The Bertz CT molecular complexity index is 1110. The van der Waals surface area contributed by atoms with Crippen LogP contribution in [-0.4, -0.2) is 35.7 Å². The zero-order valence-electron chi connectivity index (χ0n) is 17.2. The molecule has 0 spiro atoms. The van der Waals surface area contributed by atoms with E-state index in [4.69, 9.17) is 0 Å². The Hall–Kier alpha value is -2.69. The summed E-state index contributed by atoms with van der Waals surface area (Å²) in [5.74, 6) is 0. The molecule has 2 aromatic carbocycles. The topological polar surface area (TPSA) is 26.7 Å². The molecule has 29 heavy (non-hydrogen) atoms. The van der Waals surface area contributed by atoms with E-state index in [9.17, 15) is 0 Å². The van der Waals surface area contributed by atoms with Gasteiger partial charge in [-0.2, -0.15) is 0 Å². The fourth-order valence-electron chi connectivity index (χ4n) is 4.91. The summed E-state index contributed by atoms with van der Waals surface area (Å²) in [7, 11) is 0. The van der Waals surface area contributed by atoms with Gasteiger partial charge in [-0.1, -0.05) is 30.3 Å². The Balaban J connectivity index is 1.29. The number of benzene rings is 2. The number of aromatic nitrogens is 2. The Morgan fingerprint density at radius 2 is 1.52 bits per heavy atom. The normalized spacial score (nSPS) is 19.8. The number of para-hydroxylation sites is 1. The second-order valence-corrected chi connectivity index (χ2v) is 8.29. The molecule has 4 nitrogen and oxygen atoms in total. The summed E-state index contributed by atoms with van der Waals surface area (Å²) in [6.07, 6.45) is 1.90. The van der Waals surface area contributed by atoms with Crippen molar-refractivity contribution in [1.82, 2.24) is 9.55 Å². The average Bonchev–Trinajstić information content (AvgIpc) is 3.09.